The highest BCUT2D eigenvalue weighted by Crippen LogP contribution is 2.28. The summed E-state index contributed by atoms with van der Waals surface area (Å²) in [5, 5.41) is 0. The summed E-state index contributed by atoms with van der Waals surface area (Å²) < 4.78 is 6.95. The third-order valence-electron chi connectivity index (χ3n) is 1.76. The molecule has 1 rings (SSSR count). The fourth-order valence-corrected chi connectivity index (χ4v) is 2.37. The number of benzene rings is 1. The Morgan fingerprint density at radius 2 is 2.08 bits per heavy atom. The summed E-state index contributed by atoms with van der Waals surface area (Å²) in [4.78, 5) is 0. The van der Waals surface area contributed by atoms with Crippen LogP contribution in [0.4, 0.5) is 5.69 Å². The summed E-state index contributed by atoms with van der Waals surface area (Å²) in [5.41, 5.74) is 7.76. The van der Waals surface area contributed by atoms with Crippen LogP contribution in [0.5, 0.6) is 0 Å². The number of anilines is 1. The van der Waals surface area contributed by atoms with E-state index in [-0.39, 0.29) is 0 Å². The Morgan fingerprint density at radius 1 is 1.38 bits per heavy atom. The van der Waals surface area contributed by atoms with Crippen molar-refractivity contribution in [2.24, 2.45) is 0 Å². The molecule has 2 N–H and O–H groups in total. The van der Waals surface area contributed by atoms with E-state index in [9.17, 15) is 0 Å². The minimum atomic E-state index is 0.688. The number of hydrogen-bond donors (Lipinski definition) is 1. The fourth-order valence-electron chi connectivity index (χ4n) is 1.06. The molecule has 0 saturated heterocycles. The van der Waals surface area contributed by atoms with Crippen molar-refractivity contribution in [3.8, 4) is 0 Å². The lowest BCUT2D eigenvalue weighted by molar-refractivity contribution is 0.202. The van der Waals surface area contributed by atoms with Gasteiger partial charge < -0.3 is 10.5 Å². The molecule has 2 nitrogen and oxygen atoms in total. The average molecular weight is 309 g/mol. The van der Waals surface area contributed by atoms with E-state index in [1.165, 1.54) is 0 Å². The van der Waals surface area contributed by atoms with Crippen LogP contribution in [0.2, 0.25) is 0 Å². The van der Waals surface area contributed by atoms with E-state index in [2.05, 4.69) is 31.9 Å². The molecule has 0 amide bonds. The zero-order valence-electron chi connectivity index (χ0n) is 7.31. The molecular formula is C9H11Br2NO. The van der Waals surface area contributed by atoms with E-state index in [1.54, 1.807) is 7.11 Å². The molecule has 0 aliphatic carbocycles. The minimum absolute atomic E-state index is 0.688. The molecule has 13 heavy (non-hydrogen) atoms. The van der Waals surface area contributed by atoms with Crippen molar-refractivity contribution < 1.29 is 4.74 Å². The second kappa shape index (κ2) is 4.98. The Kier molecular flexibility index (Phi) is 4.22. The Morgan fingerprint density at radius 3 is 2.69 bits per heavy atom. The van der Waals surface area contributed by atoms with E-state index in [0.717, 1.165) is 26.6 Å². The standard InChI is InChI=1S/C9H11Br2NO/c1-13-3-2-6-4-7(10)5-8(11)9(6)12/h4-5H,2-3,12H2,1H3. The number of hydrogen-bond acceptors (Lipinski definition) is 2. The maximum Gasteiger partial charge on any atom is 0.0503 e. The Balaban J connectivity index is 2.92. The van der Waals surface area contributed by atoms with Crippen molar-refractivity contribution in [3.63, 3.8) is 0 Å². The van der Waals surface area contributed by atoms with Crippen LogP contribution in [-0.2, 0) is 11.2 Å². The molecule has 4 heteroatoms. The number of ether oxygens (including phenoxy) is 1. The Labute approximate surface area is 94.7 Å². The molecule has 0 saturated carbocycles. The first-order valence-corrected chi connectivity index (χ1v) is 5.46. The highest BCUT2D eigenvalue weighted by Gasteiger charge is 2.04. The van der Waals surface area contributed by atoms with Gasteiger partial charge in [0.25, 0.3) is 0 Å². The molecule has 0 aromatic heterocycles. The Bertz CT molecular complexity index is 302. The number of halogens is 2. The van der Waals surface area contributed by atoms with Crippen LogP contribution < -0.4 is 5.73 Å². The lowest BCUT2D eigenvalue weighted by atomic mass is 10.1. The van der Waals surface area contributed by atoms with E-state index >= 15 is 0 Å². The van der Waals surface area contributed by atoms with Crippen LogP contribution >= 0.6 is 31.9 Å². The number of methoxy groups -OCH3 is 1. The molecule has 1 aromatic carbocycles. The summed E-state index contributed by atoms with van der Waals surface area (Å²) >= 11 is 6.81. The highest BCUT2D eigenvalue weighted by molar-refractivity contribution is 9.11. The molecule has 0 radical (unpaired) electrons. The van der Waals surface area contributed by atoms with Gasteiger partial charge in [0.1, 0.15) is 0 Å². The smallest absolute Gasteiger partial charge is 0.0503 e. The predicted octanol–water partition coefficient (Wildman–Crippen LogP) is 2.98. The topological polar surface area (TPSA) is 35.2 Å². The zero-order chi connectivity index (χ0) is 9.84. The lowest BCUT2D eigenvalue weighted by Gasteiger charge is -2.07. The van der Waals surface area contributed by atoms with Gasteiger partial charge in [-0.2, -0.15) is 0 Å². The third kappa shape index (κ3) is 2.97. The fraction of sp³-hybridized carbons (Fsp3) is 0.333. The van der Waals surface area contributed by atoms with Crippen molar-refractivity contribution in [1.82, 2.24) is 0 Å². The van der Waals surface area contributed by atoms with Gasteiger partial charge in [0.05, 0.1) is 6.61 Å². The molecule has 0 aliphatic rings. The summed E-state index contributed by atoms with van der Waals surface area (Å²) in [5.74, 6) is 0. The van der Waals surface area contributed by atoms with Crippen molar-refractivity contribution in [2.45, 2.75) is 6.42 Å². The van der Waals surface area contributed by atoms with Crippen LogP contribution in [0.1, 0.15) is 5.56 Å². The second-order valence-electron chi connectivity index (χ2n) is 2.70. The van der Waals surface area contributed by atoms with E-state index < -0.39 is 0 Å². The number of rotatable bonds is 3. The molecule has 0 heterocycles. The molecule has 0 atom stereocenters. The van der Waals surface area contributed by atoms with Crippen molar-refractivity contribution >= 4 is 37.5 Å². The van der Waals surface area contributed by atoms with Crippen molar-refractivity contribution in [1.29, 1.82) is 0 Å². The SMILES string of the molecule is COCCc1cc(Br)cc(Br)c1N. The van der Waals surface area contributed by atoms with Gasteiger partial charge in [-0.25, -0.2) is 0 Å². The van der Waals surface area contributed by atoms with E-state index in [0.29, 0.717) is 6.61 Å². The molecule has 0 aliphatic heterocycles. The first-order chi connectivity index (χ1) is 6.15. The Hall–Kier alpha value is -0.0600. The van der Waals surface area contributed by atoms with Gasteiger partial charge in [-0.1, -0.05) is 15.9 Å². The van der Waals surface area contributed by atoms with Gasteiger partial charge in [0.2, 0.25) is 0 Å². The molecule has 0 unspecified atom stereocenters. The van der Waals surface area contributed by atoms with Gasteiger partial charge in [0, 0.05) is 21.7 Å². The van der Waals surface area contributed by atoms with Gasteiger partial charge in [0.15, 0.2) is 0 Å². The van der Waals surface area contributed by atoms with Gasteiger partial charge in [-0.05, 0) is 40.0 Å². The molecular weight excluding hydrogens is 298 g/mol. The molecule has 0 spiro atoms. The molecule has 1 aromatic rings. The number of nitrogen functional groups attached to an aromatic ring is 1. The summed E-state index contributed by atoms with van der Waals surface area (Å²) in [6.45, 7) is 0.688. The highest BCUT2D eigenvalue weighted by atomic mass is 79.9. The molecule has 0 bridgehead atoms. The van der Waals surface area contributed by atoms with Crippen LogP contribution in [0.3, 0.4) is 0 Å². The van der Waals surface area contributed by atoms with Crippen molar-refractivity contribution in [2.75, 3.05) is 19.5 Å². The molecule has 0 fully saturated rings. The summed E-state index contributed by atoms with van der Waals surface area (Å²) in [7, 11) is 1.68. The minimum Gasteiger partial charge on any atom is -0.398 e. The summed E-state index contributed by atoms with van der Waals surface area (Å²) in [6.07, 6.45) is 0.834. The van der Waals surface area contributed by atoms with Crippen LogP contribution in [0.15, 0.2) is 21.1 Å². The zero-order valence-corrected chi connectivity index (χ0v) is 10.5. The molecule has 72 valence electrons. The van der Waals surface area contributed by atoms with Crippen molar-refractivity contribution in [3.05, 3.63) is 26.6 Å². The van der Waals surface area contributed by atoms with Crippen LogP contribution in [0, 0.1) is 0 Å². The van der Waals surface area contributed by atoms with Gasteiger partial charge >= 0.3 is 0 Å². The third-order valence-corrected chi connectivity index (χ3v) is 2.87. The average Bonchev–Trinajstić information content (AvgIpc) is 2.09. The maximum atomic E-state index is 5.87. The quantitative estimate of drug-likeness (QED) is 0.871. The van der Waals surface area contributed by atoms with E-state index in [4.69, 9.17) is 10.5 Å². The van der Waals surface area contributed by atoms with E-state index in [1.807, 2.05) is 12.1 Å². The van der Waals surface area contributed by atoms with Gasteiger partial charge in [-0.15, -0.1) is 0 Å². The van der Waals surface area contributed by atoms with Crippen LogP contribution in [0.25, 0.3) is 0 Å². The summed E-state index contributed by atoms with van der Waals surface area (Å²) in [6, 6.07) is 3.95. The lowest BCUT2D eigenvalue weighted by Crippen LogP contribution is -2.00. The first-order valence-electron chi connectivity index (χ1n) is 3.87. The normalized spacial score (nSPS) is 10.4. The number of nitrogens with two attached hydrogens (primary N) is 1. The second-order valence-corrected chi connectivity index (χ2v) is 4.47. The predicted molar refractivity (Wildman–Crippen MR) is 61.8 cm³/mol. The van der Waals surface area contributed by atoms with Crippen LogP contribution in [-0.4, -0.2) is 13.7 Å². The largest absolute Gasteiger partial charge is 0.398 e. The monoisotopic (exact) mass is 307 g/mol. The maximum absolute atomic E-state index is 5.87. The first kappa shape index (κ1) is 11.0. The van der Waals surface area contributed by atoms with Gasteiger partial charge in [-0.3, -0.25) is 0 Å².